The number of ether oxygens (including phenoxy) is 2. The Morgan fingerprint density at radius 2 is 1.67 bits per heavy atom. The van der Waals surface area contributed by atoms with Crippen LogP contribution in [0.1, 0.15) is 84.5 Å². The van der Waals surface area contributed by atoms with E-state index in [0.717, 1.165) is 77.9 Å². The molecule has 5 rings (SSSR count). The molecular weight excluding hydrogens is 530 g/mol. The second-order valence-electron chi connectivity index (χ2n) is 13.5. The highest BCUT2D eigenvalue weighted by molar-refractivity contribution is 5.83. The summed E-state index contributed by atoms with van der Waals surface area (Å²) in [6.45, 7) is 10.9. The van der Waals surface area contributed by atoms with E-state index in [9.17, 15) is 9.59 Å². The molecule has 9 heteroatoms. The first-order chi connectivity index (χ1) is 20.5. The molecule has 238 valence electrons. The first-order valence-electron chi connectivity index (χ1n) is 17.2. The molecule has 1 aliphatic heterocycles. The van der Waals surface area contributed by atoms with Gasteiger partial charge in [0.25, 0.3) is 0 Å². The molecule has 4 fully saturated rings. The SMILES string of the molecule is CCN(CC)CCOC1CCC(NC2NCC(C3CCC(C(=O)NCC(=O)OCC4=CC5CCC4C5)CC3)CN2)CC1. The molecular formula is C33H57N5O4. The fourth-order valence-corrected chi connectivity index (χ4v) is 8.13. The lowest BCUT2D eigenvalue weighted by molar-refractivity contribution is -0.143. The van der Waals surface area contributed by atoms with Crippen molar-refractivity contribution >= 4 is 11.9 Å². The van der Waals surface area contributed by atoms with Gasteiger partial charge in [-0.1, -0.05) is 19.9 Å². The Hall–Kier alpha value is -1.52. The Kier molecular flexibility index (Phi) is 12.1. The molecule has 3 saturated carbocycles. The number of likely N-dealkylation sites (N-methyl/N-ethyl adjacent to an activating group) is 1. The van der Waals surface area contributed by atoms with E-state index in [4.69, 9.17) is 9.47 Å². The predicted molar refractivity (Wildman–Crippen MR) is 165 cm³/mol. The Bertz CT molecular complexity index is 887. The fraction of sp³-hybridized carbons (Fsp3) is 0.879. The average Bonchev–Trinajstić information content (AvgIpc) is 3.66. The minimum atomic E-state index is -0.324. The van der Waals surface area contributed by atoms with E-state index in [1.807, 2.05) is 0 Å². The van der Waals surface area contributed by atoms with Gasteiger partial charge in [-0.2, -0.15) is 0 Å². The van der Waals surface area contributed by atoms with Gasteiger partial charge in [0.15, 0.2) is 0 Å². The van der Waals surface area contributed by atoms with Crippen LogP contribution in [0.15, 0.2) is 11.6 Å². The second kappa shape index (κ2) is 16.0. The summed E-state index contributed by atoms with van der Waals surface area (Å²) in [6, 6.07) is 0.537. The Balaban J connectivity index is 0.900. The summed E-state index contributed by atoms with van der Waals surface area (Å²) < 4.78 is 11.6. The number of fused-ring (bicyclic) bond motifs is 2. The zero-order chi connectivity index (χ0) is 29.3. The number of allylic oxidation sites excluding steroid dienone is 1. The molecule has 2 unspecified atom stereocenters. The molecule has 2 bridgehead atoms. The highest BCUT2D eigenvalue weighted by Gasteiger charge is 2.35. The third-order valence-corrected chi connectivity index (χ3v) is 11.0. The summed E-state index contributed by atoms with van der Waals surface area (Å²) in [5.74, 6) is 2.24. The van der Waals surface area contributed by atoms with E-state index in [2.05, 4.69) is 46.1 Å². The van der Waals surface area contributed by atoms with Crippen LogP contribution in [0.4, 0.5) is 0 Å². The van der Waals surface area contributed by atoms with Crippen LogP contribution in [-0.4, -0.2) is 87.7 Å². The van der Waals surface area contributed by atoms with Gasteiger partial charge < -0.3 is 19.7 Å². The maximum Gasteiger partial charge on any atom is 0.325 e. The number of hydrogen-bond acceptors (Lipinski definition) is 8. The largest absolute Gasteiger partial charge is 0.460 e. The minimum Gasteiger partial charge on any atom is -0.460 e. The van der Waals surface area contributed by atoms with E-state index < -0.39 is 0 Å². The van der Waals surface area contributed by atoms with Gasteiger partial charge in [0.05, 0.1) is 12.7 Å². The highest BCUT2D eigenvalue weighted by atomic mass is 16.5. The van der Waals surface area contributed by atoms with Gasteiger partial charge in [-0.25, -0.2) is 0 Å². The number of nitrogens with one attached hydrogen (secondary N) is 4. The molecule has 42 heavy (non-hydrogen) atoms. The summed E-state index contributed by atoms with van der Waals surface area (Å²) in [5.41, 5.74) is 1.28. The van der Waals surface area contributed by atoms with Crippen LogP contribution < -0.4 is 21.3 Å². The molecule has 0 aromatic rings. The van der Waals surface area contributed by atoms with Crippen molar-refractivity contribution in [1.29, 1.82) is 0 Å². The average molecular weight is 588 g/mol. The van der Waals surface area contributed by atoms with Crippen LogP contribution in [-0.2, 0) is 19.1 Å². The number of carbonyl (C=O) groups is 2. The molecule has 2 atom stereocenters. The van der Waals surface area contributed by atoms with Gasteiger partial charge in [-0.15, -0.1) is 0 Å². The van der Waals surface area contributed by atoms with E-state index >= 15 is 0 Å². The lowest BCUT2D eigenvalue weighted by Gasteiger charge is -2.40. The fourth-order valence-electron chi connectivity index (χ4n) is 8.13. The molecule has 1 heterocycles. The summed E-state index contributed by atoms with van der Waals surface area (Å²) in [5, 5.41) is 14.0. The normalized spacial score (nSPS) is 34.8. The maximum absolute atomic E-state index is 12.7. The molecule has 1 saturated heterocycles. The molecule has 9 nitrogen and oxygen atoms in total. The minimum absolute atomic E-state index is 0.0117. The van der Waals surface area contributed by atoms with Gasteiger partial charge in [-0.05, 0) is 113 Å². The van der Waals surface area contributed by atoms with Crippen molar-refractivity contribution in [2.75, 3.05) is 52.5 Å². The van der Waals surface area contributed by atoms with Crippen molar-refractivity contribution in [2.24, 2.45) is 29.6 Å². The van der Waals surface area contributed by atoms with Crippen molar-refractivity contribution in [3.63, 3.8) is 0 Å². The van der Waals surface area contributed by atoms with Crippen LogP contribution in [0.3, 0.4) is 0 Å². The molecule has 4 N–H and O–H groups in total. The van der Waals surface area contributed by atoms with Crippen LogP contribution >= 0.6 is 0 Å². The Morgan fingerprint density at radius 1 is 0.929 bits per heavy atom. The second-order valence-corrected chi connectivity index (χ2v) is 13.5. The van der Waals surface area contributed by atoms with E-state index in [1.54, 1.807) is 0 Å². The van der Waals surface area contributed by atoms with Crippen LogP contribution in [0.5, 0.6) is 0 Å². The third-order valence-electron chi connectivity index (χ3n) is 11.0. The maximum atomic E-state index is 12.7. The number of amides is 1. The molecule has 0 aromatic carbocycles. The van der Waals surface area contributed by atoms with Crippen molar-refractivity contribution in [3.8, 4) is 0 Å². The molecule has 0 radical (unpaired) electrons. The summed E-state index contributed by atoms with van der Waals surface area (Å²) in [6.07, 6.45) is 15.2. The number of nitrogens with zero attached hydrogens (tertiary/aromatic N) is 1. The topological polar surface area (TPSA) is 104 Å². The predicted octanol–water partition coefficient (Wildman–Crippen LogP) is 3.16. The monoisotopic (exact) mass is 587 g/mol. The van der Waals surface area contributed by atoms with Crippen molar-refractivity contribution in [2.45, 2.75) is 103 Å². The van der Waals surface area contributed by atoms with Crippen LogP contribution in [0.25, 0.3) is 0 Å². The van der Waals surface area contributed by atoms with Crippen LogP contribution in [0, 0.1) is 29.6 Å². The number of esters is 1. The standard InChI is InChI=1S/C33H57N5O4/c1-3-38(4-2)15-16-41-30-13-11-29(12-14-30)37-33-35-19-28(20-36-33)24-7-9-25(10-8-24)32(40)34-21-31(39)42-22-27-18-23-5-6-26(27)17-23/h18,23-26,28-30,33,35-37H,3-17,19-22H2,1-2H3,(H,34,40). The summed E-state index contributed by atoms with van der Waals surface area (Å²) >= 11 is 0. The van der Waals surface area contributed by atoms with Crippen molar-refractivity contribution in [3.05, 3.63) is 11.6 Å². The van der Waals surface area contributed by atoms with E-state index in [-0.39, 0.29) is 30.6 Å². The van der Waals surface area contributed by atoms with Gasteiger partial charge in [-0.3, -0.25) is 25.5 Å². The van der Waals surface area contributed by atoms with Crippen molar-refractivity contribution in [1.82, 2.24) is 26.2 Å². The summed E-state index contributed by atoms with van der Waals surface area (Å²) in [4.78, 5) is 27.4. The number of rotatable bonds is 14. The molecule has 0 aromatic heterocycles. The zero-order valence-corrected chi connectivity index (χ0v) is 26.2. The molecule has 1 amide bonds. The molecule has 4 aliphatic carbocycles. The van der Waals surface area contributed by atoms with E-state index in [1.165, 1.54) is 37.7 Å². The quantitative estimate of drug-likeness (QED) is 0.182. The van der Waals surface area contributed by atoms with Gasteiger partial charge >= 0.3 is 5.97 Å². The highest BCUT2D eigenvalue weighted by Crippen LogP contribution is 2.43. The number of hydrogen-bond donors (Lipinski definition) is 4. The Labute approximate surface area is 253 Å². The lowest BCUT2D eigenvalue weighted by Crippen LogP contribution is -2.63. The zero-order valence-electron chi connectivity index (χ0n) is 26.2. The lowest BCUT2D eigenvalue weighted by atomic mass is 9.75. The van der Waals surface area contributed by atoms with Gasteiger partial charge in [0.1, 0.15) is 19.4 Å². The first-order valence-corrected chi connectivity index (χ1v) is 17.2. The third kappa shape index (κ3) is 9.00. The van der Waals surface area contributed by atoms with E-state index in [0.29, 0.717) is 42.4 Å². The molecule has 0 spiro atoms. The van der Waals surface area contributed by atoms with Gasteiger partial charge in [0.2, 0.25) is 5.91 Å². The molecule has 5 aliphatic rings. The van der Waals surface area contributed by atoms with Crippen LogP contribution in [0.2, 0.25) is 0 Å². The smallest absolute Gasteiger partial charge is 0.325 e. The number of carbonyl (C=O) groups excluding carboxylic acids is 2. The van der Waals surface area contributed by atoms with Gasteiger partial charge in [0, 0.05) is 31.6 Å². The first kappa shape index (κ1) is 31.9. The van der Waals surface area contributed by atoms with Crippen molar-refractivity contribution < 1.29 is 19.1 Å². The Morgan fingerprint density at radius 3 is 2.31 bits per heavy atom. The summed E-state index contributed by atoms with van der Waals surface area (Å²) in [7, 11) is 0.